The molecule has 5 nitrogen and oxygen atoms in total. The van der Waals surface area contributed by atoms with E-state index in [9.17, 15) is 4.79 Å². The first kappa shape index (κ1) is 10.7. The second kappa shape index (κ2) is 5.39. The largest absolute Gasteiger partial charge is 0.350 e. The number of amides is 1. The van der Waals surface area contributed by atoms with Crippen molar-refractivity contribution in [2.24, 2.45) is 11.7 Å². The van der Waals surface area contributed by atoms with Gasteiger partial charge in [-0.2, -0.15) is 5.10 Å². The molecule has 0 aliphatic carbocycles. The van der Waals surface area contributed by atoms with Gasteiger partial charge in [-0.3, -0.25) is 9.89 Å². The van der Waals surface area contributed by atoms with E-state index in [0.29, 0.717) is 13.1 Å². The van der Waals surface area contributed by atoms with Crippen molar-refractivity contribution >= 4 is 5.91 Å². The number of aromatic amines is 1. The van der Waals surface area contributed by atoms with E-state index in [1.807, 2.05) is 13.0 Å². The van der Waals surface area contributed by atoms with Crippen molar-refractivity contribution in [1.82, 2.24) is 15.5 Å². The maximum Gasteiger partial charge on any atom is 0.224 e. The standard InChI is InChI=1S/C9H16N4O/c1-2-7(5-10)9(14)11-6-8-3-4-12-13-8/h3-4,7H,2,5-6,10H2,1H3,(H,11,14)(H,12,13). The van der Waals surface area contributed by atoms with Gasteiger partial charge in [-0.1, -0.05) is 6.92 Å². The number of rotatable bonds is 5. The predicted molar refractivity (Wildman–Crippen MR) is 53.3 cm³/mol. The minimum Gasteiger partial charge on any atom is -0.350 e. The molecule has 0 radical (unpaired) electrons. The van der Waals surface area contributed by atoms with Crippen LogP contribution in [0, 0.1) is 5.92 Å². The Morgan fingerprint density at radius 1 is 1.79 bits per heavy atom. The molecule has 0 aromatic carbocycles. The van der Waals surface area contributed by atoms with E-state index < -0.39 is 0 Å². The zero-order valence-corrected chi connectivity index (χ0v) is 8.29. The number of nitrogens with two attached hydrogens (primary N) is 1. The van der Waals surface area contributed by atoms with Crippen LogP contribution in [0.5, 0.6) is 0 Å². The highest BCUT2D eigenvalue weighted by molar-refractivity contribution is 5.78. The molecule has 1 aromatic rings. The molecule has 1 rings (SSSR count). The molecular weight excluding hydrogens is 180 g/mol. The van der Waals surface area contributed by atoms with E-state index in [0.717, 1.165) is 12.1 Å². The third-order valence-electron chi connectivity index (χ3n) is 2.16. The third-order valence-corrected chi connectivity index (χ3v) is 2.16. The van der Waals surface area contributed by atoms with Crippen molar-refractivity contribution in [2.45, 2.75) is 19.9 Å². The van der Waals surface area contributed by atoms with Crippen molar-refractivity contribution in [3.63, 3.8) is 0 Å². The van der Waals surface area contributed by atoms with Crippen molar-refractivity contribution in [3.05, 3.63) is 18.0 Å². The summed E-state index contributed by atoms with van der Waals surface area (Å²) in [6.07, 6.45) is 2.42. The lowest BCUT2D eigenvalue weighted by Gasteiger charge is -2.11. The first-order valence-electron chi connectivity index (χ1n) is 4.74. The quantitative estimate of drug-likeness (QED) is 0.620. The average Bonchev–Trinajstić information content (AvgIpc) is 2.69. The average molecular weight is 196 g/mol. The molecule has 1 amide bonds. The summed E-state index contributed by atoms with van der Waals surface area (Å²) in [5.74, 6) is -0.0810. The highest BCUT2D eigenvalue weighted by Gasteiger charge is 2.13. The number of hydrogen-bond acceptors (Lipinski definition) is 3. The number of aromatic nitrogens is 2. The first-order chi connectivity index (χ1) is 6.77. The van der Waals surface area contributed by atoms with Crippen molar-refractivity contribution in [1.29, 1.82) is 0 Å². The molecule has 0 aliphatic rings. The van der Waals surface area contributed by atoms with Crippen LogP contribution in [0.3, 0.4) is 0 Å². The summed E-state index contributed by atoms with van der Waals surface area (Å²) in [5.41, 5.74) is 6.35. The molecule has 4 N–H and O–H groups in total. The third kappa shape index (κ3) is 2.85. The van der Waals surface area contributed by atoms with E-state index in [2.05, 4.69) is 15.5 Å². The van der Waals surface area contributed by atoms with Crippen LogP contribution in [-0.4, -0.2) is 22.6 Å². The normalized spacial score (nSPS) is 12.4. The Morgan fingerprint density at radius 2 is 2.57 bits per heavy atom. The maximum absolute atomic E-state index is 11.5. The Bertz CT molecular complexity index is 266. The molecule has 0 fully saturated rings. The van der Waals surface area contributed by atoms with Crippen LogP contribution in [0.25, 0.3) is 0 Å². The Morgan fingerprint density at radius 3 is 3.07 bits per heavy atom. The second-order valence-electron chi connectivity index (χ2n) is 3.14. The van der Waals surface area contributed by atoms with Crippen LogP contribution >= 0.6 is 0 Å². The summed E-state index contributed by atoms with van der Waals surface area (Å²) < 4.78 is 0. The summed E-state index contributed by atoms with van der Waals surface area (Å²) in [4.78, 5) is 11.5. The van der Waals surface area contributed by atoms with Gasteiger partial charge in [-0.25, -0.2) is 0 Å². The lowest BCUT2D eigenvalue weighted by atomic mass is 10.1. The van der Waals surface area contributed by atoms with Gasteiger partial charge in [-0.15, -0.1) is 0 Å². The van der Waals surface area contributed by atoms with Crippen LogP contribution in [0.4, 0.5) is 0 Å². The minimum atomic E-state index is -0.0853. The lowest BCUT2D eigenvalue weighted by molar-refractivity contribution is -0.124. The van der Waals surface area contributed by atoms with E-state index in [-0.39, 0.29) is 11.8 Å². The van der Waals surface area contributed by atoms with Crippen molar-refractivity contribution in [3.8, 4) is 0 Å². The summed E-state index contributed by atoms with van der Waals surface area (Å²) in [6.45, 7) is 2.83. The highest BCUT2D eigenvalue weighted by Crippen LogP contribution is 2.00. The second-order valence-corrected chi connectivity index (χ2v) is 3.14. The van der Waals surface area contributed by atoms with E-state index >= 15 is 0 Å². The van der Waals surface area contributed by atoms with Gasteiger partial charge in [-0.05, 0) is 12.5 Å². The molecule has 1 aromatic heterocycles. The van der Waals surface area contributed by atoms with Crippen LogP contribution in [0.1, 0.15) is 19.0 Å². The molecule has 78 valence electrons. The van der Waals surface area contributed by atoms with Crippen LogP contribution < -0.4 is 11.1 Å². The van der Waals surface area contributed by atoms with Gasteiger partial charge in [0.05, 0.1) is 12.2 Å². The van der Waals surface area contributed by atoms with Gasteiger partial charge in [0.2, 0.25) is 5.91 Å². The topological polar surface area (TPSA) is 83.8 Å². The lowest BCUT2D eigenvalue weighted by Crippen LogP contribution is -2.34. The number of nitrogens with zero attached hydrogens (tertiary/aromatic N) is 1. The number of nitrogens with one attached hydrogen (secondary N) is 2. The van der Waals surface area contributed by atoms with E-state index in [1.165, 1.54) is 0 Å². The van der Waals surface area contributed by atoms with Gasteiger partial charge in [0, 0.05) is 18.7 Å². The van der Waals surface area contributed by atoms with Crippen LogP contribution in [-0.2, 0) is 11.3 Å². The van der Waals surface area contributed by atoms with E-state index in [4.69, 9.17) is 5.73 Å². The zero-order valence-electron chi connectivity index (χ0n) is 8.29. The Labute approximate surface area is 83.1 Å². The Kier molecular flexibility index (Phi) is 4.12. The number of carbonyl (C=O) groups is 1. The molecule has 0 spiro atoms. The van der Waals surface area contributed by atoms with Gasteiger partial charge in [0.25, 0.3) is 0 Å². The van der Waals surface area contributed by atoms with Crippen molar-refractivity contribution in [2.75, 3.05) is 6.54 Å². The first-order valence-corrected chi connectivity index (χ1v) is 4.74. The zero-order chi connectivity index (χ0) is 10.4. The van der Waals surface area contributed by atoms with Gasteiger partial charge in [0.1, 0.15) is 0 Å². The fourth-order valence-electron chi connectivity index (χ4n) is 1.17. The SMILES string of the molecule is CCC(CN)C(=O)NCc1ccn[nH]1. The molecule has 0 saturated carbocycles. The van der Waals surface area contributed by atoms with Gasteiger partial charge >= 0.3 is 0 Å². The molecule has 0 saturated heterocycles. The molecule has 14 heavy (non-hydrogen) atoms. The Balaban J connectivity index is 2.34. The van der Waals surface area contributed by atoms with Crippen LogP contribution in [0.2, 0.25) is 0 Å². The molecule has 1 unspecified atom stereocenters. The van der Waals surface area contributed by atoms with Crippen LogP contribution in [0.15, 0.2) is 12.3 Å². The van der Waals surface area contributed by atoms with Gasteiger partial charge < -0.3 is 11.1 Å². The molecule has 0 aliphatic heterocycles. The minimum absolute atomic E-state index is 0.00426. The molecule has 1 heterocycles. The number of hydrogen-bond donors (Lipinski definition) is 3. The summed E-state index contributed by atoms with van der Waals surface area (Å²) >= 11 is 0. The smallest absolute Gasteiger partial charge is 0.224 e. The van der Waals surface area contributed by atoms with E-state index in [1.54, 1.807) is 6.20 Å². The highest BCUT2D eigenvalue weighted by atomic mass is 16.1. The fourth-order valence-corrected chi connectivity index (χ4v) is 1.17. The summed E-state index contributed by atoms with van der Waals surface area (Å²) in [7, 11) is 0. The molecule has 0 bridgehead atoms. The monoisotopic (exact) mass is 196 g/mol. The summed E-state index contributed by atoms with van der Waals surface area (Å²) in [5, 5.41) is 9.35. The summed E-state index contributed by atoms with van der Waals surface area (Å²) in [6, 6.07) is 1.82. The van der Waals surface area contributed by atoms with Gasteiger partial charge in [0.15, 0.2) is 0 Å². The van der Waals surface area contributed by atoms with Crippen molar-refractivity contribution < 1.29 is 4.79 Å². The molecular formula is C9H16N4O. The Hall–Kier alpha value is -1.36. The molecule has 5 heteroatoms. The molecule has 1 atom stereocenters. The number of H-pyrrole nitrogens is 1. The maximum atomic E-state index is 11.5. The number of carbonyl (C=O) groups excluding carboxylic acids is 1. The fraction of sp³-hybridized carbons (Fsp3) is 0.556. The predicted octanol–water partition coefficient (Wildman–Crippen LogP) is 0.0108.